The number of ketones is 1. The molecule has 68 valence electrons. The number of hydrogen-bond acceptors (Lipinski definition) is 3. The standard InChI is InChI=1S/C9H15NO2/c10-7(5-11)1-8(12)9-2-6(3-9)4-9/h6-7,11H,1-5,10H2/t6?,7-,9?/m1/s1. The van der Waals surface area contributed by atoms with Crippen molar-refractivity contribution in [3.05, 3.63) is 0 Å². The minimum absolute atomic E-state index is 0.0253. The normalized spacial score (nSPS) is 39.7. The summed E-state index contributed by atoms with van der Waals surface area (Å²) in [6.07, 6.45) is 3.63. The van der Waals surface area contributed by atoms with Gasteiger partial charge < -0.3 is 10.8 Å². The lowest BCUT2D eigenvalue weighted by molar-refractivity contribution is -0.163. The van der Waals surface area contributed by atoms with Gasteiger partial charge in [-0.1, -0.05) is 0 Å². The molecule has 0 aliphatic heterocycles. The smallest absolute Gasteiger partial charge is 0.140 e. The molecule has 0 radical (unpaired) electrons. The maximum Gasteiger partial charge on any atom is 0.140 e. The van der Waals surface area contributed by atoms with Crippen LogP contribution in [0.4, 0.5) is 0 Å². The third-order valence-corrected chi connectivity index (χ3v) is 3.31. The molecule has 0 aromatic heterocycles. The van der Waals surface area contributed by atoms with Gasteiger partial charge in [-0.3, -0.25) is 4.79 Å². The lowest BCUT2D eigenvalue weighted by Crippen LogP contribution is -2.57. The Balaban J connectivity index is 1.84. The molecular weight excluding hydrogens is 154 g/mol. The Morgan fingerprint density at radius 1 is 1.58 bits per heavy atom. The largest absolute Gasteiger partial charge is 0.395 e. The van der Waals surface area contributed by atoms with Gasteiger partial charge in [-0.05, 0) is 25.2 Å². The van der Waals surface area contributed by atoms with Gasteiger partial charge in [-0.25, -0.2) is 0 Å². The Morgan fingerprint density at radius 3 is 2.50 bits per heavy atom. The molecular formula is C9H15NO2. The fraction of sp³-hybridized carbons (Fsp3) is 0.889. The van der Waals surface area contributed by atoms with E-state index in [1.807, 2.05) is 0 Å². The Morgan fingerprint density at radius 2 is 2.17 bits per heavy atom. The summed E-state index contributed by atoms with van der Waals surface area (Å²) in [5.74, 6) is 1.12. The summed E-state index contributed by atoms with van der Waals surface area (Å²) >= 11 is 0. The molecule has 3 fully saturated rings. The molecule has 0 aromatic rings. The van der Waals surface area contributed by atoms with Crippen molar-refractivity contribution in [1.82, 2.24) is 0 Å². The number of rotatable bonds is 4. The maximum atomic E-state index is 11.6. The predicted octanol–water partition coefficient (Wildman–Crippen LogP) is 0.0653. The Kier molecular flexibility index (Phi) is 1.73. The number of carbonyl (C=O) groups excluding carboxylic acids is 1. The van der Waals surface area contributed by atoms with Gasteiger partial charge in [-0.2, -0.15) is 0 Å². The van der Waals surface area contributed by atoms with Gasteiger partial charge in [0.1, 0.15) is 5.78 Å². The van der Waals surface area contributed by atoms with Crippen molar-refractivity contribution >= 4 is 5.78 Å². The number of carbonyl (C=O) groups is 1. The van der Waals surface area contributed by atoms with Crippen LogP contribution < -0.4 is 5.73 Å². The minimum atomic E-state index is -0.341. The number of nitrogens with two attached hydrogens (primary N) is 1. The first-order valence-electron chi connectivity index (χ1n) is 4.56. The van der Waals surface area contributed by atoms with Gasteiger partial charge in [0.2, 0.25) is 0 Å². The second-order valence-electron chi connectivity index (χ2n) is 4.33. The molecule has 0 unspecified atom stereocenters. The number of Topliss-reactive ketones (excluding diaryl/α,β-unsaturated/α-hetero) is 1. The first-order valence-corrected chi connectivity index (χ1v) is 4.56. The lowest BCUT2D eigenvalue weighted by Gasteiger charge is -2.60. The van der Waals surface area contributed by atoms with Crippen LogP contribution in [0.15, 0.2) is 0 Å². The highest BCUT2D eigenvalue weighted by atomic mass is 16.3. The van der Waals surface area contributed by atoms with Crippen LogP contribution in [0.25, 0.3) is 0 Å². The highest BCUT2D eigenvalue weighted by Crippen LogP contribution is 2.65. The van der Waals surface area contributed by atoms with Crippen LogP contribution in [0, 0.1) is 11.3 Å². The highest BCUT2D eigenvalue weighted by Gasteiger charge is 2.60. The zero-order valence-electron chi connectivity index (χ0n) is 7.12. The molecule has 0 aromatic carbocycles. The van der Waals surface area contributed by atoms with Crippen LogP contribution >= 0.6 is 0 Å². The minimum Gasteiger partial charge on any atom is -0.395 e. The van der Waals surface area contributed by atoms with Crippen LogP contribution in [-0.2, 0) is 4.79 Å². The second kappa shape index (κ2) is 2.54. The monoisotopic (exact) mass is 169 g/mol. The van der Waals surface area contributed by atoms with Gasteiger partial charge >= 0.3 is 0 Å². The Labute approximate surface area is 71.9 Å². The lowest BCUT2D eigenvalue weighted by atomic mass is 9.42. The first kappa shape index (κ1) is 8.20. The topological polar surface area (TPSA) is 63.3 Å². The number of aliphatic hydroxyl groups excluding tert-OH is 1. The highest BCUT2D eigenvalue weighted by molar-refractivity contribution is 5.88. The predicted molar refractivity (Wildman–Crippen MR) is 44.5 cm³/mol. The number of hydrogen-bond donors (Lipinski definition) is 2. The Hall–Kier alpha value is -0.410. The molecule has 0 saturated heterocycles. The van der Waals surface area contributed by atoms with E-state index in [4.69, 9.17) is 10.8 Å². The van der Waals surface area contributed by atoms with Crippen molar-refractivity contribution in [1.29, 1.82) is 0 Å². The van der Waals surface area contributed by atoms with Crippen LogP contribution in [0.2, 0.25) is 0 Å². The molecule has 12 heavy (non-hydrogen) atoms. The molecule has 3 rings (SSSR count). The summed E-state index contributed by atoms with van der Waals surface area (Å²) in [6.45, 7) is -0.0781. The molecule has 3 aliphatic rings. The summed E-state index contributed by atoms with van der Waals surface area (Å²) in [5, 5.41) is 8.68. The van der Waals surface area contributed by atoms with Gasteiger partial charge in [0, 0.05) is 17.9 Å². The average molecular weight is 169 g/mol. The molecule has 3 heteroatoms. The van der Waals surface area contributed by atoms with E-state index < -0.39 is 0 Å². The first-order chi connectivity index (χ1) is 5.66. The van der Waals surface area contributed by atoms with Crippen molar-refractivity contribution in [3.63, 3.8) is 0 Å². The summed E-state index contributed by atoms with van der Waals surface area (Å²) in [7, 11) is 0. The van der Waals surface area contributed by atoms with E-state index in [9.17, 15) is 4.79 Å². The van der Waals surface area contributed by atoms with E-state index in [-0.39, 0.29) is 23.8 Å². The summed E-state index contributed by atoms with van der Waals surface area (Å²) < 4.78 is 0. The molecule has 3 N–H and O–H groups in total. The van der Waals surface area contributed by atoms with Crippen molar-refractivity contribution in [2.45, 2.75) is 31.7 Å². The molecule has 0 heterocycles. The summed E-state index contributed by atoms with van der Waals surface area (Å²) in [6, 6.07) is -0.341. The van der Waals surface area contributed by atoms with Gasteiger partial charge in [-0.15, -0.1) is 0 Å². The average Bonchev–Trinajstić information content (AvgIpc) is 1.80. The van der Waals surface area contributed by atoms with E-state index in [1.165, 1.54) is 0 Å². The summed E-state index contributed by atoms with van der Waals surface area (Å²) in [4.78, 5) is 11.6. The van der Waals surface area contributed by atoms with Crippen LogP contribution in [0.1, 0.15) is 25.7 Å². The fourth-order valence-corrected chi connectivity index (χ4v) is 2.34. The van der Waals surface area contributed by atoms with E-state index in [0.29, 0.717) is 6.42 Å². The molecule has 1 atom stereocenters. The Bertz CT molecular complexity index is 198. The van der Waals surface area contributed by atoms with E-state index in [2.05, 4.69) is 0 Å². The molecule has 3 saturated carbocycles. The van der Waals surface area contributed by atoms with E-state index >= 15 is 0 Å². The summed E-state index contributed by atoms with van der Waals surface area (Å²) in [5.41, 5.74) is 5.52. The second-order valence-corrected chi connectivity index (χ2v) is 4.33. The van der Waals surface area contributed by atoms with Gasteiger partial charge in [0.25, 0.3) is 0 Å². The third-order valence-electron chi connectivity index (χ3n) is 3.31. The molecule has 3 aliphatic carbocycles. The maximum absolute atomic E-state index is 11.6. The SMILES string of the molecule is N[C@@H](CO)CC(=O)C12CC(C1)C2. The quantitative estimate of drug-likeness (QED) is 0.625. The van der Waals surface area contributed by atoms with Crippen molar-refractivity contribution < 1.29 is 9.90 Å². The van der Waals surface area contributed by atoms with Crippen molar-refractivity contribution in [2.24, 2.45) is 17.1 Å². The molecule has 2 bridgehead atoms. The van der Waals surface area contributed by atoms with Gasteiger partial charge in [0.05, 0.1) is 6.61 Å². The van der Waals surface area contributed by atoms with E-state index in [0.717, 1.165) is 25.2 Å². The van der Waals surface area contributed by atoms with Crippen molar-refractivity contribution in [2.75, 3.05) is 6.61 Å². The third kappa shape index (κ3) is 1.00. The van der Waals surface area contributed by atoms with E-state index in [1.54, 1.807) is 0 Å². The van der Waals surface area contributed by atoms with Crippen LogP contribution in [0.3, 0.4) is 0 Å². The van der Waals surface area contributed by atoms with Gasteiger partial charge in [0.15, 0.2) is 0 Å². The van der Waals surface area contributed by atoms with Crippen LogP contribution in [-0.4, -0.2) is 23.5 Å². The molecule has 0 amide bonds. The zero-order valence-corrected chi connectivity index (χ0v) is 7.12. The fourth-order valence-electron chi connectivity index (χ4n) is 2.34. The van der Waals surface area contributed by atoms with Crippen LogP contribution in [0.5, 0.6) is 0 Å². The molecule has 0 spiro atoms. The zero-order chi connectivity index (χ0) is 8.77. The number of aliphatic hydroxyl groups is 1. The van der Waals surface area contributed by atoms with Crippen molar-refractivity contribution in [3.8, 4) is 0 Å². The molecule has 3 nitrogen and oxygen atoms in total.